The van der Waals surface area contributed by atoms with E-state index >= 15 is 4.39 Å². The second-order valence-corrected chi connectivity index (χ2v) is 10.1. The van der Waals surface area contributed by atoms with Gasteiger partial charge < -0.3 is 14.8 Å². The Morgan fingerprint density at radius 1 is 0.932 bits per heavy atom. The molecule has 220 valence electrons. The summed E-state index contributed by atoms with van der Waals surface area (Å²) in [5.74, 6) is -0.354. The molecule has 3 heterocycles. The monoisotopic (exact) mass is 589 g/mol. The van der Waals surface area contributed by atoms with Crippen LogP contribution in [0.3, 0.4) is 0 Å². The molecule has 0 aliphatic rings. The highest BCUT2D eigenvalue weighted by molar-refractivity contribution is 6.08. The van der Waals surface area contributed by atoms with E-state index in [0.717, 1.165) is 11.6 Å². The third kappa shape index (κ3) is 5.29. The number of ether oxygens (including phenoxy) is 2. The molecule has 3 aromatic carbocycles. The smallest absolute Gasteiger partial charge is 0.280 e. The largest absolute Gasteiger partial charge is 0.497 e. The number of halogens is 1. The van der Waals surface area contributed by atoms with Crippen molar-refractivity contribution in [2.45, 2.75) is 13.0 Å². The van der Waals surface area contributed by atoms with E-state index < -0.39 is 17.3 Å². The molecule has 0 aliphatic carbocycles. The summed E-state index contributed by atoms with van der Waals surface area (Å²) in [6, 6.07) is 23.7. The van der Waals surface area contributed by atoms with Crippen LogP contribution in [0.4, 0.5) is 10.1 Å². The number of anilines is 1. The molecule has 9 nitrogen and oxygen atoms in total. The van der Waals surface area contributed by atoms with E-state index in [1.165, 1.54) is 16.8 Å². The van der Waals surface area contributed by atoms with Crippen LogP contribution < -0.4 is 20.3 Å². The molecule has 0 bridgehead atoms. The number of carbonyl (C=O) groups is 1. The number of methoxy groups -OCH3 is 1. The number of pyridine rings is 2. The van der Waals surface area contributed by atoms with E-state index in [4.69, 9.17) is 9.47 Å². The molecule has 1 atom stereocenters. The Hall–Kier alpha value is -5.77. The zero-order valence-corrected chi connectivity index (χ0v) is 24.2. The molecule has 1 amide bonds. The first-order chi connectivity index (χ1) is 21.4. The van der Waals surface area contributed by atoms with Crippen LogP contribution in [0.1, 0.15) is 28.9 Å². The maximum atomic E-state index is 15.3. The van der Waals surface area contributed by atoms with Gasteiger partial charge in [0.25, 0.3) is 11.5 Å². The maximum Gasteiger partial charge on any atom is 0.280 e. The average Bonchev–Trinajstić information content (AvgIpc) is 3.32. The number of nitrogens with one attached hydrogen (secondary N) is 1. The molecule has 0 saturated carbocycles. The van der Waals surface area contributed by atoms with Crippen LogP contribution in [0.15, 0.2) is 108 Å². The quantitative estimate of drug-likeness (QED) is 0.215. The predicted octanol–water partition coefficient (Wildman–Crippen LogP) is 6.60. The summed E-state index contributed by atoms with van der Waals surface area (Å²) in [6.07, 6.45) is 4.75. The number of hydrogen-bond donors (Lipinski definition) is 1. The summed E-state index contributed by atoms with van der Waals surface area (Å²) in [7, 11) is 3.30. The maximum absolute atomic E-state index is 15.3. The molecule has 0 spiro atoms. The zero-order valence-electron chi connectivity index (χ0n) is 24.2. The first kappa shape index (κ1) is 28.4. The van der Waals surface area contributed by atoms with E-state index in [0.29, 0.717) is 33.7 Å². The van der Waals surface area contributed by atoms with Gasteiger partial charge in [-0.3, -0.25) is 24.2 Å². The zero-order chi connectivity index (χ0) is 30.8. The fourth-order valence-electron chi connectivity index (χ4n) is 5.27. The van der Waals surface area contributed by atoms with E-state index in [-0.39, 0.29) is 23.0 Å². The summed E-state index contributed by atoms with van der Waals surface area (Å²) in [5.41, 5.74) is 2.21. The summed E-state index contributed by atoms with van der Waals surface area (Å²) in [4.78, 5) is 36.0. The number of fused-ring (bicyclic) bond motifs is 1. The van der Waals surface area contributed by atoms with Crippen LogP contribution in [0.25, 0.3) is 22.2 Å². The molecule has 0 radical (unpaired) electrons. The van der Waals surface area contributed by atoms with Crippen molar-refractivity contribution in [3.05, 3.63) is 131 Å². The summed E-state index contributed by atoms with van der Waals surface area (Å²) >= 11 is 0. The first-order valence-corrected chi connectivity index (χ1v) is 13.8. The van der Waals surface area contributed by atoms with Gasteiger partial charge in [-0.05, 0) is 55.0 Å². The van der Waals surface area contributed by atoms with Crippen LogP contribution in [-0.2, 0) is 7.05 Å². The Balaban J connectivity index is 1.32. The van der Waals surface area contributed by atoms with E-state index in [1.807, 2.05) is 37.3 Å². The minimum Gasteiger partial charge on any atom is -0.497 e. The molecule has 3 aromatic heterocycles. The van der Waals surface area contributed by atoms with Gasteiger partial charge >= 0.3 is 0 Å². The fourth-order valence-corrected chi connectivity index (χ4v) is 5.27. The van der Waals surface area contributed by atoms with E-state index in [2.05, 4.69) is 15.3 Å². The van der Waals surface area contributed by atoms with Gasteiger partial charge in [0.05, 0.1) is 24.4 Å². The Morgan fingerprint density at radius 3 is 2.43 bits per heavy atom. The first-order valence-electron chi connectivity index (χ1n) is 13.8. The Morgan fingerprint density at radius 2 is 1.70 bits per heavy atom. The van der Waals surface area contributed by atoms with Crippen LogP contribution in [0.2, 0.25) is 0 Å². The highest BCUT2D eigenvalue weighted by Crippen LogP contribution is 2.33. The lowest BCUT2D eigenvalue weighted by Gasteiger charge is -2.17. The molecular weight excluding hydrogens is 561 g/mol. The number of hydrogen-bond acceptors (Lipinski definition) is 6. The van der Waals surface area contributed by atoms with Crippen molar-refractivity contribution in [1.29, 1.82) is 0 Å². The van der Waals surface area contributed by atoms with E-state index in [9.17, 15) is 9.59 Å². The molecule has 0 fully saturated rings. The number of nitrogens with zero attached hydrogens (tertiary/aromatic N) is 4. The average molecular weight is 590 g/mol. The molecule has 44 heavy (non-hydrogen) atoms. The molecule has 0 saturated heterocycles. The predicted molar refractivity (Wildman–Crippen MR) is 166 cm³/mol. The summed E-state index contributed by atoms with van der Waals surface area (Å²) in [6.45, 7) is 1.89. The van der Waals surface area contributed by atoms with Gasteiger partial charge in [-0.15, -0.1) is 0 Å². The standard InChI is InChI=1S/C34H28FN5O4/c1-21(22-7-5-4-6-8-22)40-34(42)31(32(39(40)2)23-13-16-36-17-14-23)33(41)38-24-9-12-30(27(35)19-24)44-29-15-18-37-28-20-25(43-3)10-11-26(28)29/h4-21H,1-3H3,(H,38,41). The lowest BCUT2D eigenvalue weighted by molar-refractivity contribution is 0.102. The molecule has 10 heteroatoms. The van der Waals surface area contributed by atoms with Crippen LogP contribution in [-0.4, -0.2) is 32.3 Å². The van der Waals surface area contributed by atoms with Gasteiger partial charge in [0, 0.05) is 54.4 Å². The second kappa shape index (κ2) is 11.8. The van der Waals surface area contributed by atoms with Crippen LogP contribution in [0.5, 0.6) is 17.2 Å². The molecular formula is C34H28FN5O4. The Bertz CT molecular complexity index is 2040. The van der Waals surface area contributed by atoms with Crippen molar-refractivity contribution >= 4 is 22.5 Å². The van der Waals surface area contributed by atoms with Crippen molar-refractivity contribution in [1.82, 2.24) is 19.3 Å². The Kier molecular flexibility index (Phi) is 7.63. The highest BCUT2D eigenvalue weighted by Gasteiger charge is 2.28. The molecule has 1 unspecified atom stereocenters. The van der Waals surface area contributed by atoms with Gasteiger partial charge in [0.15, 0.2) is 11.6 Å². The molecule has 1 N–H and O–H groups in total. The van der Waals surface area contributed by atoms with Crippen LogP contribution >= 0.6 is 0 Å². The highest BCUT2D eigenvalue weighted by atomic mass is 19.1. The number of carbonyl (C=O) groups excluding carboxylic acids is 1. The lowest BCUT2D eigenvalue weighted by Crippen LogP contribution is -2.29. The van der Waals surface area contributed by atoms with Crippen molar-refractivity contribution in [2.75, 3.05) is 12.4 Å². The van der Waals surface area contributed by atoms with Gasteiger partial charge in [0.2, 0.25) is 0 Å². The molecule has 0 aliphatic heterocycles. The normalized spacial score (nSPS) is 11.7. The van der Waals surface area contributed by atoms with Crippen molar-refractivity contribution < 1.29 is 18.7 Å². The SMILES string of the molecule is COc1ccc2c(Oc3ccc(NC(=O)c4c(-c5ccncc5)n(C)n(C(C)c5ccccc5)c4=O)cc3F)ccnc2c1. The topological polar surface area (TPSA) is 100 Å². The minimum absolute atomic E-state index is 0.0393. The summed E-state index contributed by atoms with van der Waals surface area (Å²) in [5, 5.41) is 3.38. The third-order valence-electron chi connectivity index (χ3n) is 7.45. The van der Waals surface area contributed by atoms with Crippen molar-refractivity contribution in [3.8, 4) is 28.5 Å². The molecule has 6 aromatic rings. The second-order valence-electron chi connectivity index (χ2n) is 10.1. The number of aromatic nitrogens is 4. The number of benzene rings is 3. The fraction of sp³-hybridized carbons (Fsp3) is 0.118. The van der Waals surface area contributed by atoms with Gasteiger partial charge in [0.1, 0.15) is 17.1 Å². The third-order valence-corrected chi connectivity index (χ3v) is 7.45. The summed E-state index contributed by atoms with van der Waals surface area (Å²) < 4.78 is 29.7. The Labute approximate surface area is 252 Å². The van der Waals surface area contributed by atoms with Crippen molar-refractivity contribution in [3.63, 3.8) is 0 Å². The van der Waals surface area contributed by atoms with Gasteiger partial charge in [-0.1, -0.05) is 30.3 Å². The van der Waals surface area contributed by atoms with Gasteiger partial charge in [-0.25, -0.2) is 9.07 Å². The lowest BCUT2D eigenvalue weighted by atomic mass is 10.1. The van der Waals surface area contributed by atoms with Gasteiger partial charge in [-0.2, -0.15) is 0 Å². The van der Waals surface area contributed by atoms with E-state index in [1.54, 1.807) is 73.8 Å². The molecule has 6 rings (SSSR count). The van der Waals surface area contributed by atoms with Crippen LogP contribution in [0, 0.1) is 5.82 Å². The van der Waals surface area contributed by atoms with Crippen molar-refractivity contribution in [2.24, 2.45) is 7.05 Å². The minimum atomic E-state index is -0.696. The number of rotatable bonds is 8. The number of amides is 1.